The Balaban J connectivity index is 2.12. The Bertz CT molecular complexity index is 501. The maximum absolute atomic E-state index is 12.2. The molecule has 0 saturated carbocycles. The summed E-state index contributed by atoms with van der Waals surface area (Å²) in [6, 6.07) is 2.97. The number of nitrogens with one attached hydrogen (secondary N) is 1. The van der Waals surface area contributed by atoms with Crippen LogP contribution in [0.2, 0.25) is 0 Å². The van der Waals surface area contributed by atoms with E-state index in [9.17, 15) is 14.4 Å². The summed E-state index contributed by atoms with van der Waals surface area (Å²) in [5.74, 6) is -1.07. The van der Waals surface area contributed by atoms with Crippen LogP contribution in [0.4, 0.5) is 0 Å². The minimum absolute atomic E-state index is 0.0661. The van der Waals surface area contributed by atoms with E-state index >= 15 is 0 Å². The first-order valence-electron chi connectivity index (χ1n) is 6.14. The third-order valence-electron chi connectivity index (χ3n) is 3.04. The second-order valence-corrected chi connectivity index (χ2v) is 4.40. The number of hydrogen-bond acceptors (Lipinski definition) is 4. The van der Waals surface area contributed by atoms with Gasteiger partial charge in [0.1, 0.15) is 12.6 Å². The summed E-state index contributed by atoms with van der Waals surface area (Å²) < 4.78 is 0. The molecule has 6 nitrogen and oxygen atoms in total. The van der Waals surface area contributed by atoms with Crippen molar-refractivity contribution >= 4 is 17.7 Å². The smallest absolute Gasteiger partial charge is 0.249 e. The van der Waals surface area contributed by atoms with Crippen molar-refractivity contribution in [3.8, 4) is 0 Å². The summed E-state index contributed by atoms with van der Waals surface area (Å²) in [6.07, 6.45) is 3.86. The summed E-state index contributed by atoms with van der Waals surface area (Å²) in [4.78, 5) is 40.5. The van der Waals surface area contributed by atoms with Crippen molar-refractivity contribution in [1.29, 1.82) is 0 Å². The molecule has 0 aromatic carbocycles. The standard InChI is InChI=1S/C13H15N3O3/c1-2-10-13(19)15-11(17)8-16(10)12(18)6-9-4-3-5-14-7-9/h3-5,7,10H,2,6,8H2,1H3,(H,15,17,19). The van der Waals surface area contributed by atoms with Gasteiger partial charge >= 0.3 is 0 Å². The van der Waals surface area contributed by atoms with Crippen molar-refractivity contribution in [2.24, 2.45) is 0 Å². The Hall–Kier alpha value is -2.24. The van der Waals surface area contributed by atoms with Crippen molar-refractivity contribution in [3.05, 3.63) is 30.1 Å². The molecule has 1 saturated heterocycles. The molecule has 2 rings (SSSR count). The molecule has 0 spiro atoms. The molecule has 1 atom stereocenters. The number of imide groups is 1. The topological polar surface area (TPSA) is 79.4 Å². The first-order valence-corrected chi connectivity index (χ1v) is 6.14. The quantitative estimate of drug-likeness (QED) is 0.770. The van der Waals surface area contributed by atoms with Crippen LogP contribution in [-0.4, -0.2) is 40.2 Å². The van der Waals surface area contributed by atoms with Gasteiger partial charge in [0.2, 0.25) is 17.7 Å². The van der Waals surface area contributed by atoms with Gasteiger partial charge in [-0.2, -0.15) is 0 Å². The Kier molecular flexibility index (Phi) is 3.89. The molecule has 1 aliphatic heterocycles. The molecule has 1 aromatic rings. The number of carbonyl (C=O) groups is 3. The third-order valence-corrected chi connectivity index (χ3v) is 3.04. The van der Waals surface area contributed by atoms with E-state index in [4.69, 9.17) is 0 Å². The zero-order valence-electron chi connectivity index (χ0n) is 10.6. The Morgan fingerprint density at radius 2 is 2.32 bits per heavy atom. The van der Waals surface area contributed by atoms with Crippen molar-refractivity contribution in [2.45, 2.75) is 25.8 Å². The number of nitrogens with zero attached hydrogens (tertiary/aromatic N) is 2. The molecule has 1 fully saturated rings. The molecule has 1 unspecified atom stereocenters. The zero-order valence-corrected chi connectivity index (χ0v) is 10.6. The maximum Gasteiger partial charge on any atom is 0.249 e. The van der Waals surface area contributed by atoms with Gasteiger partial charge in [-0.15, -0.1) is 0 Å². The maximum atomic E-state index is 12.2. The lowest BCUT2D eigenvalue weighted by atomic mass is 10.1. The van der Waals surface area contributed by atoms with Crippen molar-refractivity contribution < 1.29 is 14.4 Å². The Morgan fingerprint density at radius 1 is 1.53 bits per heavy atom. The zero-order chi connectivity index (χ0) is 13.8. The normalized spacial score (nSPS) is 19.2. The molecule has 100 valence electrons. The van der Waals surface area contributed by atoms with Gasteiger partial charge in [-0.1, -0.05) is 13.0 Å². The Labute approximate surface area is 110 Å². The summed E-state index contributed by atoms with van der Waals surface area (Å²) in [5, 5.41) is 2.24. The highest BCUT2D eigenvalue weighted by Crippen LogP contribution is 2.11. The van der Waals surface area contributed by atoms with Crippen molar-refractivity contribution in [1.82, 2.24) is 15.2 Å². The SMILES string of the molecule is CCC1C(=O)NC(=O)CN1C(=O)Cc1cccnc1. The molecule has 0 bridgehead atoms. The Morgan fingerprint density at radius 3 is 2.95 bits per heavy atom. The second kappa shape index (κ2) is 5.60. The molecule has 1 N–H and O–H groups in total. The van der Waals surface area contributed by atoms with Gasteiger partial charge in [-0.3, -0.25) is 24.7 Å². The van der Waals surface area contributed by atoms with E-state index in [1.54, 1.807) is 24.5 Å². The van der Waals surface area contributed by atoms with Crippen LogP contribution in [0.3, 0.4) is 0 Å². The van der Waals surface area contributed by atoms with Crippen LogP contribution < -0.4 is 5.32 Å². The summed E-state index contributed by atoms with van der Waals surface area (Å²) in [6.45, 7) is 1.74. The average Bonchev–Trinajstić information content (AvgIpc) is 2.39. The van der Waals surface area contributed by atoms with Crippen molar-refractivity contribution in [3.63, 3.8) is 0 Å². The van der Waals surface area contributed by atoms with Gasteiger partial charge in [-0.05, 0) is 18.1 Å². The number of piperazine rings is 1. The molecule has 0 radical (unpaired) electrons. The highest BCUT2D eigenvalue weighted by molar-refractivity contribution is 6.04. The third kappa shape index (κ3) is 2.96. The van der Waals surface area contributed by atoms with E-state index in [1.807, 2.05) is 6.92 Å². The lowest BCUT2D eigenvalue weighted by Crippen LogP contribution is -2.59. The number of amides is 3. The van der Waals surface area contributed by atoms with E-state index in [1.165, 1.54) is 4.90 Å². The minimum atomic E-state index is -0.568. The molecule has 0 aliphatic carbocycles. The van der Waals surface area contributed by atoms with E-state index in [2.05, 4.69) is 10.3 Å². The molecule has 1 aliphatic rings. The minimum Gasteiger partial charge on any atom is -0.321 e. The predicted molar refractivity (Wildman–Crippen MR) is 66.9 cm³/mol. The van der Waals surface area contributed by atoms with Crippen LogP contribution >= 0.6 is 0 Å². The number of aromatic nitrogens is 1. The second-order valence-electron chi connectivity index (χ2n) is 4.40. The molecule has 2 heterocycles. The molecular weight excluding hydrogens is 246 g/mol. The van der Waals surface area contributed by atoms with E-state index in [0.717, 1.165) is 5.56 Å². The van der Waals surface area contributed by atoms with Gasteiger partial charge in [0.05, 0.1) is 6.42 Å². The molecular formula is C13H15N3O3. The fourth-order valence-electron chi connectivity index (χ4n) is 2.11. The van der Waals surface area contributed by atoms with Crippen LogP contribution in [0.15, 0.2) is 24.5 Å². The van der Waals surface area contributed by atoms with Crippen LogP contribution in [0.5, 0.6) is 0 Å². The average molecular weight is 261 g/mol. The molecule has 1 aromatic heterocycles. The summed E-state index contributed by atoms with van der Waals surface area (Å²) in [5.41, 5.74) is 0.765. The number of rotatable bonds is 3. The fraction of sp³-hybridized carbons (Fsp3) is 0.385. The number of hydrogen-bond donors (Lipinski definition) is 1. The van der Waals surface area contributed by atoms with Gasteiger partial charge in [0, 0.05) is 12.4 Å². The van der Waals surface area contributed by atoms with E-state index in [0.29, 0.717) is 6.42 Å². The summed E-state index contributed by atoms with van der Waals surface area (Å²) >= 11 is 0. The molecule has 6 heteroatoms. The van der Waals surface area contributed by atoms with Crippen molar-refractivity contribution in [2.75, 3.05) is 6.54 Å². The highest BCUT2D eigenvalue weighted by Gasteiger charge is 2.35. The van der Waals surface area contributed by atoms with Crippen LogP contribution in [0.25, 0.3) is 0 Å². The van der Waals surface area contributed by atoms with Crippen LogP contribution in [-0.2, 0) is 20.8 Å². The first kappa shape index (κ1) is 13.2. The van der Waals surface area contributed by atoms with Gasteiger partial charge in [0.25, 0.3) is 0 Å². The van der Waals surface area contributed by atoms with Crippen LogP contribution in [0.1, 0.15) is 18.9 Å². The largest absolute Gasteiger partial charge is 0.321 e. The summed E-state index contributed by atoms with van der Waals surface area (Å²) in [7, 11) is 0. The van der Waals surface area contributed by atoms with Gasteiger partial charge in [-0.25, -0.2) is 0 Å². The van der Waals surface area contributed by atoms with E-state index in [-0.39, 0.29) is 18.9 Å². The molecule has 19 heavy (non-hydrogen) atoms. The van der Waals surface area contributed by atoms with Gasteiger partial charge in [0.15, 0.2) is 0 Å². The highest BCUT2D eigenvalue weighted by atomic mass is 16.2. The first-order chi connectivity index (χ1) is 9.11. The van der Waals surface area contributed by atoms with E-state index < -0.39 is 17.9 Å². The van der Waals surface area contributed by atoms with Crippen LogP contribution in [0, 0.1) is 0 Å². The fourth-order valence-corrected chi connectivity index (χ4v) is 2.11. The number of pyridine rings is 1. The molecule has 3 amide bonds. The van der Waals surface area contributed by atoms with Gasteiger partial charge < -0.3 is 4.90 Å². The monoisotopic (exact) mass is 261 g/mol. The lowest BCUT2D eigenvalue weighted by molar-refractivity contribution is -0.149. The lowest BCUT2D eigenvalue weighted by Gasteiger charge is -2.33. The predicted octanol–water partition coefficient (Wildman–Crippen LogP) is -0.112. The number of carbonyl (C=O) groups excluding carboxylic acids is 3.